The number of hydrogen-bond acceptors (Lipinski definition) is 4. The molecule has 4 aromatic rings. The van der Waals surface area contributed by atoms with Crippen LogP contribution in [0.4, 0.5) is 10.1 Å². The van der Waals surface area contributed by atoms with Crippen LogP contribution in [0.15, 0.2) is 41.3 Å². The van der Waals surface area contributed by atoms with Gasteiger partial charge < -0.3 is 19.4 Å². The van der Waals surface area contributed by atoms with E-state index in [1.54, 1.807) is 16.2 Å². The SMILES string of the molecule is CCn1cc(C(=O)NC)c(=O)c2cc(F)c3c(nc(-c4ccc(N(C)C)cc4)n3C)c21. The van der Waals surface area contributed by atoms with Gasteiger partial charge in [0.15, 0.2) is 0 Å². The summed E-state index contributed by atoms with van der Waals surface area (Å²) >= 11 is 0. The van der Waals surface area contributed by atoms with Crippen molar-refractivity contribution in [1.82, 2.24) is 19.4 Å². The molecule has 160 valence electrons. The van der Waals surface area contributed by atoms with Gasteiger partial charge in [-0.1, -0.05) is 0 Å². The van der Waals surface area contributed by atoms with Crippen LogP contribution in [-0.4, -0.2) is 41.2 Å². The van der Waals surface area contributed by atoms with Gasteiger partial charge in [-0.2, -0.15) is 0 Å². The molecule has 0 saturated heterocycles. The summed E-state index contributed by atoms with van der Waals surface area (Å²) in [6.45, 7) is 2.39. The molecule has 0 fully saturated rings. The maximum absolute atomic E-state index is 15.2. The smallest absolute Gasteiger partial charge is 0.256 e. The summed E-state index contributed by atoms with van der Waals surface area (Å²) in [4.78, 5) is 31.9. The third-order valence-electron chi connectivity index (χ3n) is 5.59. The first-order chi connectivity index (χ1) is 14.8. The fourth-order valence-corrected chi connectivity index (χ4v) is 3.93. The number of benzene rings is 2. The van der Waals surface area contributed by atoms with Gasteiger partial charge in [-0.3, -0.25) is 9.59 Å². The molecule has 0 saturated carbocycles. The summed E-state index contributed by atoms with van der Waals surface area (Å²) in [6, 6.07) is 9.03. The van der Waals surface area contributed by atoms with Crippen molar-refractivity contribution in [3.05, 3.63) is 58.1 Å². The van der Waals surface area contributed by atoms with Crippen LogP contribution in [-0.2, 0) is 13.6 Å². The van der Waals surface area contributed by atoms with Gasteiger partial charge in [-0.15, -0.1) is 0 Å². The number of aromatic nitrogens is 3. The van der Waals surface area contributed by atoms with Crippen molar-refractivity contribution >= 4 is 33.5 Å². The van der Waals surface area contributed by atoms with Crippen molar-refractivity contribution in [2.75, 3.05) is 26.0 Å². The fraction of sp³-hybridized carbons (Fsp3) is 0.261. The van der Waals surface area contributed by atoms with E-state index >= 15 is 4.39 Å². The minimum Gasteiger partial charge on any atom is -0.378 e. The Hall–Kier alpha value is -3.68. The molecule has 0 aliphatic rings. The normalized spacial score (nSPS) is 11.3. The molecule has 2 heterocycles. The fourth-order valence-electron chi connectivity index (χ4n) is 3.93. The number of carbonyl (C=O) groups excluding carboxylic acids is 1. The number of nitrogens with zero attached hydrogens (tertiary/aromatic N) is 4. The number of anilines is 1. The number of fused-ring (bicyclic) bond motifs is 3. The molecule has 0 aliphatic carbocycles. The van der Waals surface area contributed by atoms with E-state index in [2.05, 4.69) is 5.32 Å². The molecule has 0 spiro atoms. The average molecular weight is 421 g/mol. The Bertz CT molecular complexity index is 1380. The van der Waals surface area contributed by atoms with Gasteiger partial charge in [0.25, 0.3) is 5.91 Å². The quantitative estimate of drug-likeness (QED) is 0.550. The molecule has 31 heavy (non-hydrogen) atoms. The summed E-state index contributed by atoms with van der Waals surface area (Å²) in [6.07, 6.45) is 1.51. The van der Waals surface area contributed by atoms with Crippen LogP contribution < -0.4 is 15.6 Å². The molecular formula is C23H24FN5O2. The molecule has 0 aliphatic heterocycles. The first-order valence-corrected chi connectivity index (χ1v) is 10.00. The zero-order chi connectivity index (χ0) is 22.4. The molecule has 4 rings (SSSR count). The van der Waals surface area contributed by atoms with Gasteiger partial charge in [0, 0.05) is 52.2 Å². The van der Waals surface area contributed by atoms with Crippen molar-refractivity contribution in [2.45, 2.75) is 13.5 Å². The number of carbonyl (C=O) groups is 1. The van der Waals surface area contributed by atoms with Crippen molar-refractivity contribution in [2.24, 2.45) is 7.05 Å². The molecule has 1 N–H and O–H groups in total. The third kappa shape index (κ3) is 3.15. The number of imidazole rings is 1. The number of aryl methyl sites for hydroxylation is 2. The zero-order valence-electron chi connectivity index (χ0n) is 18.2. The molecule has 0 atom stereocenters. The first-order valence-electron chi connectivity index (χ1n) is 10.00. The van der Waals surface area contributed by atoms with Crippen LogP contribution in [0.2, 0.25) is 0 Å². The highest BCUT2D eigenvalue weighted by atomic mass is 19.1. The maximum Gasteiger partial charge on any atom is 0.256 e. The molecule has 2 aromatic heterocycles. The lowest BCUT2D eigenvalue weighted by Crippen LogP contribution is -2.27. The molecule has 7 nitrogen and oxygen atoms in total. The van der Waals surface area contributed by atoms with Gasteiger partial charge in [0.1, 0.15) is 28.2 Å². The zero-order valence-corrected chi connectivity index (χ0v) is 18.2. The lowest BCUT2D eigenvalue weighted by atomic mass is 10.1. The minimum absolute atomic E-state index is 0.0222. The average Bonchev–Trinajstić information content (AvgIpc) is 3.11. The lowest BCUT2D eigenvalue weighted by molar-refractivity contribution is 0.0961. The Labute approximate surface area is 178 Å². The van der Waals surface area contributed by atoms with E-state index in [4.69, 9.17) is 4.98 Å². The van der Waals surface area contributed by atoms with E-state index in [-0.39, 0.29) is 10.9 Å². The van der Waals surface area contributed by atoms with E-state index < -0.39 is 17.2 Å². The lowest BCUT2D eigenvalue weighted by Gasteiger charge is -2.12. The second kappa shape index (κ2) is 7.54. The van der Waals surface area contributed by atoms with Crippen LogP contribution >= 0.6 is 0 Å². The Morgan fingerprint density at radius 2 is 1.87 bits per heavy atom. The van der Waals surface area contributed by atoms with Crippen molar-refractivity contribution in [1.29, 1.82) is 0 Å². The Balaban J connectivity index is 2.06. The summed E-state index contributed by atoms with van der Waals surface area (Å²) in [7, 11) is 7.14. The highest BCUT2D eigenvalue weighted by Gasteiger charge is 2.22. The maximum atomic E-state index is 15.2. The highest BCUT2D eigenvalue weighted by molar-refractivity contribution is 6.06. The predicted molar refractivity (Wildman–Crippen MR) is 121 cm³/mol. The number of rotatable bonds is 4. The Kier molecular flexibility index (Phi) is 5.00. The number of nitrogens with one attached hydrogen (secondary N) is 1. The first kappa shape index (κ1) is 20.6. The van der Waals surface area contributed by atoms with Crippen LogP contribution in [0.3, 0.4) is 0 Å². The second-order valence-electron chi connectivity index (χ2n) is 7.62. The van der Waals surface area contributed by atoms with E-state index in [1.807, 2.05) is 50.2 Å². The molecule has 0 unspecified atom stereocenters. The van der Waals surface area contributed by atoms with Crippen LogP contribution in [0.1, 0.15) is 17.3 Å². The molecule has 2 aromatic carbocycles. The van der Waals surface area contributed by atoms with Crippen LogP contribution in [0.25, 0.3) is 33.3 Å². The van der Waals surface area contributed by atoms with E-state index in [1.165, 1.54) is 19.3 Å². The molecular weight excluding hydrogens is 397 g/mol. The van der Waals surface area contributed by atoms with Crippen LogP contribution in [0.5, 0.6) is 0 Å². The molecule has 0 bridgehead atoms. The van der Waals surface area contributed by atoms with E-state index in [9.17, 15) is 9.59 Å². The van der Waals surface area contributed by atoms with Gasteiger partial charge in [0.05, 0.1) is 10.9 Å². The Morgan fingerprint density at radius 1 is 1.19 bits per heavy atom. The van der Waals surface area contributed by atoms with Crippen molar-refractivity contribution in [3.63, 3.8) is 0 Å². The van der Waals surface area contributed by atoms with E-state index in [0.717, 1.165) is 11.3 Å². The molecule has 8 heteroatoms. The monoisotopic (exact) mass is 421 g/mol. The summed E-state index contributed by atoms with van der Waals surface area (Å²) in [5.41, 5.74) is 2.57. The number of halogens is 1. The summed E-state index contributed by atoms with van der Waals surface area (Å²) in [5.74, 6) is -0.461. The summed E-state index contributed by atoms with van der Waals surface area (Å²) in [5, 5.41) is 2.61. The van der Waals surface area contributed by atoms with Gasteiger partial charge in [-0.25, -0.2) is 9.37 Å². The second-order valence-corrected chi connectivity index (χ2v) is 7.62. The number of amides is 1. The minimum atomic E-state index is -0.553. The number of pyridine rings is 1. The van der Waals surface area contributed by atoms with Gasteiger partial charge in [0.2, 0.25) is 5.43 Å². The summed E-state index contributed by atoms with van der Waals surface area (Å²) < 4.78 is 18.7. The number of hydrogen-bond donors (Lipinski definition) is 1. The third-order valence-corrected chi connectivity index (χ3v) is 5.59. The van der Waals surface area contributed by atoms with Crippen molar-refractivity contribution < 1.29 is 9.18 Å². The highest BCUT2D eigenvalue weighted by Crippen LogP contribution is 2.31. The van der Waals surface area contributed by atoms with Crippen molar-refractivity contribution in [3.8, 4) is 11.4 Å². The van der Waals surface area contributed by atoms with Crippen LogP contribution in [0, 0.1) is 5.82 Å². The molecule has 1 amide bonds. The van der Waals surface area contributed by atoms with Gasteiger partial charge >= 0.3 is 0 Å². The topological polar surface area (TPSA) is 72.2 Å². The molecule has 0 radical (unpaired) electrons. The standard InChI is InChI=1S/C23H24FN5O2/c1-6-29-12-16(23(31)25-2)21(30)15-11-17(24)20-18(19(15)29)26-22(28(20)5)13-7-9-14(10-8-13)27(3)4/h7-12H,6H2,1-5H3,(H,25,31). The predicted octanol–water partition coefficient (Wildman–Crippen LogP) is 3.14. The largest absolute Gasteiger partial charge is 0.378 e. The van der Waals surface area contributed by atoms with E-state index in [0.29, 0.717) is 28.9 Å². The Morgan fingerprint density at radius 3 is 2.45 bits per heavy atom. The van der Waals surface area contributed by atoms with Gasteiger partial charge in [-0.05, 0) is 37.3 Å².